The minimum Gasteiger partial charge on any atom is -0.497 e. The molecule has 0 saturated carbocycles. The number of benzene rings is 3. The van der Waals surface area contributed by atoms with Gasteiger partial charge in [0.25, 0.3) is 5.91 Å². The maximum Gasteiger partial charge on any atom is 0.255 e. The zero-order valence-electron chi connectivity index (χ0n) is 23.2. The van der Waals surface area contributed by atoms with E-state index in [0.717, 1.165) is 55.8 Å². The summed E-state index contributed by atoms with van der Waals surface area (Å²) < 4.78 is 19.0. The molecule has 5 rings (SSSR count). The highest BCUT2D eigenvalue weighted by Gasteiger charge is 2.44. The summed E-state index contributed by atoms with van der Waals surface area (Å²) in [5, 5.41) is 3.18. The second-order valence-electron chi connectivity index (χ2n) is 10.6. The maximum atomic E-state index is 14.0. The molecule has 8 heteroatoms. The van der Waals surface area contributed by atoms with Crippen molar-refractivity contribution in [3.63, 3.8) is 0 Å². The van der Waals surface area contributed by atoms with E-state index in [-0.39, 0.29) is 24.2 Å². The van der Waals surface area contributed by atoms with Gasteiger partial charge < -0.3 is 24.8 Å². The van der Waals surface area contributed by atoms with Gasteiger partial charge in [-0.2, -0.15) is 0 Å². The van der Waals surface area contributed by atoms with E-state index >= 15 is 0 Å². The molecule has 2 amide bonds. The molecule has 0 aliphatic carbocycles. The van der Waals surface area contributed by atoms with Crippen LogP contribution in [-0.4, -0.2) is 79.9 Å². The van der Waals surface area contributed by atoms with E-state index < -0.39 is 12.0 Å². The van der Waals surface area contributed by atoms with Crippen LogP contribution in [0.4, 0.5) is 4.39 Å². The number of rotatable bonds is 9. The number of methoxy groups -OCH3 is 1. The van der Waals surface area contributed by atoms with Crippen LogP contribution in [0.5, 0.6) is 5.75 Å². The fourth-order valence-electron chi connectivity index (χ4n) is 5.70. The van der Waals surface area contributed by atoms with E-state index in [2.05, 4.69) is 22.2 Å². The number of carbonyl (C=O) groups is 2. The van der Waals surface area contributed by atoms with Crippen LogP contribution in [0.2, 0.25) is 0 Å². The lowest BCUT2D eigenvalue weighted by Gasteiger charge is -2.42. The van der Waals surface area contributed by atoms with E-state index in [4.69, 9.17) is 4.74 Å². The van der Waals surface area contributed by atoms with Crippen LogP contribution in [0.15, 0.2) is 72.8 Å². The highest BCUT2D eigenvalue weighted by atomic mass is 19.1. The third-order valence-corrected chi connectivity index (χ3v) is 7.99. The molecule has 1 fully saturated rings. The van der Waals surface area contributed by atoms with Gasteiger partial charge in [0.2, 0.25) is 5.91 Å². The van der Waals surface area contributed by atoms with Gasteiger partial charge in [-0.25, -0.2) is 4.39 Å². The van der Waals surface area contributed by atoms with Gasteiger partial charge in [-0.05, 0) is 67.0 Å². The lowest BCUT2D eigenvalue weighted by atomic mass is 9.79. The molecule has 2 heterocycles. The van der Waals surface area contributed by atoms with Gasteiger partial charge in [-0.15, -0.1) is 0 Å². The van der Waals surface area contributed by atoms with Crippen LogP contribution in [-0.2, 0) is 11.3 Å². The van der Waals surface area contributed by atoms with E-state index in [9.17, 15) is 14.0 Å². The Bertz CT molecular complexity index is 1310. The minimum absolute atomic E-state index is 0.108. The van der Waals surface area contributed by atoms with Crippen molar-refractivity contribution in [3.8, 4) is 5.75 Å². The summed E-state index contributed by atoms with van der Waals surface area (Å²) in [5.41, 5.74) is 2.87. The van der Waals surface area contributed by atoms with Gasteiger partial charge >= 0.3 is 0 Å². The van der Waals surface area contributed by atoms with Crippen molar-refractivity contribution in [2.24, 2.45) is 0 Å². The fourth-order valence-corrected chi connectivity index (χ4v) is 5.70. The smallest absolute Gasteiger partial charge is 0.255 e. The van der Waals surface area contributed by atoms with Crippen molar-refractivity contribution in [3.05, 3.63) is 101 Å². The minimum atomic E-state index is -0.605. The molecular weight excluding hydrogens is 507 g/mol. The molecular formula is C32H37FN4O3. The Morgan fingerprint density at radius 1 is 0.975 bits per heavy atom. The number of likely N-dealkylation sites (N-methyl/N-ethyl adjacent to an activating group) is 1. The lowest BCUT2D eigenvalue weighted by molar-refractivity contribution is -0.124. The Morgan fingerprint density at radius 3 is 2.38 bits per heavy atom. The van der Waals surface area contributed by atoms with E-state index in [0.29, 0.717) is 17.9 Å². The first kappa shape index (κ1) is 27.8. The van der Waals surface area contributed by atoms with Gasteiger partial charge in [-0.1, -0.05) is 42.5 Å². The molecule has 0 spiro atoms. The number of amides is 2. The Morgan fingerprint density at radius 2 is 1.68 bits per heavy atom. The van der Waals surface area contributed by atoms with E-state index in [1.807, 2.05) is 42.5 Å². The molecule has 2 aliphatic heterocycles. The maximum absolute atomic E-state index is 14.0. The number of carbonyl (C=O) groups excluding carboxylic acids is 2. The number of hydrogen-bond acceptors (Lipinski definition) is 5. The van der Waals surface area contributed by atoms with Crippen molar-refractivity contribution in [2.75, 3.05) is 53.4 Å². The molecule has 0 radical (unpaired) electrons. The molecule has 7 nitrogen and oxygen atoms in total. The van der Waals surface area contributed by atoms with Crippen LogP contribution in [0.1, 0.15) is 45.4 Å². The molecule has 3 aromatic carbocycles. The van der Waals surface area contributed by atoms with Gasteiger partial charge in [0, 0.05) is 44.8 Å². The van der Waals surface area contributed by atoms with Gasteiger partial charge in [0.05, 0.1) is 19.1 Å². The number of halogens is 1. The van der Waals surface area contributed by atoms with E-state index in [1.54, 1.807) is 30.2 Å². The van der Waals surface area contributed by atoms with Crippen LogP contribution in [0.3, 0.4) is 0 Å². The molecule has 3 aromatic rings. The van der Waals surface area contributed by atoms with Crippen molar-refractivity contribution in [1.29, 1.82) is 0 Å². The zero-order chi connectivity index (χ0) is 28.1. The van der Waals surface area contributed by atoms with Crippen LogP contribution < -0.4 is 10.1 Å². The highest BCUT2D eigenvalue weighted by molar-refractivity contribution is 6.01. The third-order valence-electron chi connectivity index (χ3n) is 7.99. The number of hydrogen-bond donors (Lipinski definition) is 1. The number of nitrogens with zero attached hydrogens (tertiary/aromatic N) is 3. The Kier molecular flexibility index (Phi) is 8.77. The Balaban J connectivity index is 1.43. The summed E-state index contributed by atoms with van der Waals surface area (Å²) >= 11 is 0. The summed E-state index contributed by atoms with van der Waals surface area (Å²) in [5.74, 6) is -0.504. The zero-order valence-corrected chi connectivity index (χ0v) is 23.2. The predicted octanol–water partition coefficient (Wildman–Crippen LogP) is 4.07. The topological polar surface area (TPSA) is 65.1 Å². The quantitative estimate of drug-likeness (QED) is 0.412. The van der Waals surface area contributed by atoms with Crippen LogP contribution in [0.25, 0.3) is 0 Å². The van der Waals surface area contributed by atoms with Crippen LogP contribution in [0, 0.1) is 5.82 Å². The number of ether oxygens (including phenoxy) is 1. The molecule has 2 atom stereocenters. The summed E-state index contributed by atoms with van der Waals surface area (Å²) in [6, 6.07) is 20.5. The predicted molar refractivity (Wildman–Crippen MR) is 153 cm³/mol. The molecule has 210 valence electrons. The van der Waals surface area contributed by atoms with Crippen molar-refractivity contribution >= 4 is 11.8 Å². The largest absolute Gasteiger partial charge is 0.497 e. The van der Waals surface area contributed by atoms with E-state index in [1.165, 1.54) is 12.1 Å². The molecule has 40 heavy (non-hydrogen) atoms. The van der Waals surface area contributed by atoms with Gasteiger partial charge in [-0.3, -0.25) is 9.59 Å². The molecule has 2 unspecified atom stereocenters. The molecule has 1 N–H and O–H groups in total. The summed E-state index contributed by atoms with van der Waals surface area (Å²) in [6.45, 7) is 5.95. The van der Waals surface area contributed by atoms with Gasteiger partial charge in [0.1, 0.15) is 11.6 Å². The van der Waals surface area contributed by atoms with Gasteiger partial charge in [0.15, 0.2) is 0 Å². The lowest BCUT2D eigenvalue weighted by Crippen LogP contribution is -2.47. The second-order valence-corrected chi connectivity index (χ2v) is 10.6. The molecule has 0 aromatic heterocycles. The highest BCUT2D eigenvalue weighted by Crippen LogP contribution is 2.44. The standard InChI is InChI=1S/C32H37FN4O3/c1-35-18-20-36(21-19-35)17-5-16-34-31(38)29-27-6-3-4-7-28(27)32(39)37(22-23-8-12-25(33)13-9-23)30(29)24-10-14-26(40-2)15-11-24/h3-4,6-15,29-30H,5,16-22H2,1-2H3,(H,34,38). The average molecular weight is 545 g/mol. The van der Waals surface area contributed by atoms with Crippen molar-refractivity contribution < 1.29 is 18.7 Å². The summed E-state index contributed by atoms with van der Waals surface area (Å²) in [7, 11) is 3.75. The first-order valence-electron chi connectivity index (χ1n) is 13.9. The number of fused-ring (bicyclic) bond motifs is 1. The third kappa shape index (κ3) is 6.18. The van der Waals surface area contributed by atoms with Crippen molar-refractivity contribution in [1.82, 2.24) is 20.0 Å². The first-order chi connectivity index (χ1) is 19.4. The summed E-state index contributed by atoms with van der Waals surface area (Å²) in [6.07, 6.45) is 0.856. The monoisotopic (exact) mass is 544 g/mol. The molecule has 0 bridgehead atoms. The average Bonchev–Trinajstić information content (AvgIpc) is 2.98. The number of piperazine rings is 1. The van der Waals surface area contributed by atoms with Crippen molar-refractivity contribution in [2.45, 2.75) is 24.9 Å². The SMILES string of the molecule is COc1ccc(C2C(C(=O)NCCCN3CCN(C)CC3)c3ccccc3C(=O)N2Cc2ccc(F)cc2)cc1. The second kappa shape index (κ2) is 12.6. The Labute approximate surface area is 235 Å². The van der Waals surface area contributed by atoms with Crippen LogP contribution >= 0.6 is 0 Å². The first-order valence-corrected chi connectivity index (χ1v) is 13.9. The normalized spacial score (nSPS) is 19.8. The molecule has 2 aliphatic rings. The Hall–Kier alpha value is -3.75. The summed E-state index contributed by atoms with van der Waals surface area (Å²) in [4.78, 5) is 34.4. The fraction of sp³-hybridized carbons (Fsp3) is 0.375. The number of nitrogens with one attached hydrogen (secondary N) is 1. The molecule has 1 saturated heterocycles.